The molecule has 0 bridgehead atoms. The molecule has 0 aliphatic rings. The number of unbranched alkanes of at least 4 members (excludes halogenated alkanes) is 3. The van der Waals surface area contributed by atoms with Crippen molar-refractivity contribution in [1.29, 1.82) is 0 Å². The van der Waals surface area contributed by atoms with E-state index in [1.807, 2.05) is 0 Å². The molecule has 1 amide bonds. The summed E-state index contributed by atoms with van der Waals surface area (Å²) in [6, 6.07) is 0. The lowest BCUT2D eigenvalue weighted by Gasteiger charge is -2.11. The predicted molar refractivity (Wildman–Crippen MR) is 66.0 cm³/mol. The number of carbonyl (C=O) groups is 1. The van der Waals surface area contributed by atoms with E-state index >= 15 is 0 Å². The topological polar surface area (TPSA) is 75.4 Å². The first-order chi connectivity index (χ1) is 7.74. The number of nitrogens with one attached hydrogen (secondary N) is 1. The first-order valence-corrected chi connectivity index (χ1v) is 6.32. The van der Waals surface area contributed by atoms with E-state index in [1.54, 1.807) is 0 Å². The molecule has 0 rings (SSSR count). The van der Waals surface area contributed by atoms with Gasteiger partial charge in [-0.05, 0) is 25.3 Å². The second kappa shape index (κ2) is 10.9. The van der Waals surface area contributed by atoms with Crippen LogP contribution in [0, 0.1) is 5.92 Å². The van der Waals surface area contributed by atoms with Crippen molar-refractivity contribution in [2.45, 2.75) is 45.4 Å². The average Bonchev–Trinajstić information content (AvgIpc) is 2.30. The van der Waals surface area contributed by atoms with Crippen molar-refractivity contribution < 1.29 is 9.90 Å². The summed E-state index contributed by atoms with van der Waals surface area (Å²) >= 11 is 0. The molecule has 0 saturated heterocycles. The zero-order valence-corrected chi connectivity index (χ0v) is 10.4. The average molecular weight is 230 g/mol. The summed E-state index contributed by atoms with van der Waals surface area (Å²) in [5, 5.41) is 11.5. The third-order valence-corrected chi connectivity index (χ3v) is 2.79. The molecule has 0 aromatic rings. The monoisotopic (exact) mass is 230 g/mol. The minimum Gasteiger partial charge on any atom is -0.396 e. The maximum absolute atomic E-state index is 11.5. The summed E-state index contributed by atoms with van der Waals surface area (Å²) in [7, 11) is 0. The standard InChI is InChI=1S/C12H26N2O2/c1-2-11(10-13)9-12(16)14-7-5-3-4-6-8-15/h11,15H,2-10,13H2,1H3,(H,14,16). The Balaban J connectivity index is 3.36. The molecule has 0 saturated carbocycles. The van der Waals surface area contributed by atoms with Crippen LogP contribution in [-0.2, 0) is 4.79 Å². The van der Waals surface area contributed by atoms with Crippen molar-refractivity contribution in [1.82, 2.24) is 5.32 Å². The largest absolute Gasteiger partial charge is 0.396 e. The first-order valence-electron chi connectivity index (χ1n) is 6.32. The molecule has 4 heteroatoms. The van der Waals surface area contributed by atoms with E-state index in [0.29, 0.717) is 18.9 Å². The Bertz CT molecular complexity index is 170. The Morgan fingerprint density at radius 1 is 1.31 bits per heavy atom. The number of aliphatic hydroxyl groups excluding tert-OH is 1. The van der Waals surface area contributed by atoms with E-state index in [-0.39, 0.29) is 12.5 Å². The number of amides is 1. The molecule has 16 heavy (non-hydrogen) atoms. The molecule has 0 aliphatic heterocycles. The van der Waals surface area contributed by atoms with E-state index in [2.05, 4.69) is 12.2 Å². The van der Waals surface area contributed by atoms with Crippen molar-refractivity contribution in [3.05, 3.63) is 0 Å². The quantitative estimate of drug-likeness (QED) is 0.491. The van der Waals surface area contributed by atoms with Gasteiger partial charge >= 0.3 is 0 Å². The summed E-state index contributed by atoms with van der Waals surface area (Å²) in [5.74, 6) is 0.425. The summed E-state index contributed by atoms with van der Waals surface area (Å²) < 4.78 is 0. The highest BCUT2D eigenvalue weighted by Crippen LogP contribution is 2.05. The molecule has 0 heterocycles. The summed E-state index contributed by atoms with van der Waals surface area (Å²) in [6.45, 7) is 3.65. The molecule has 4 nitrogen and oxygen atoms in total. The molecule has 0 spiro atoms. The first kappa shape index (κ1) is 15.4. The van der Waals surface area contributed by atoms with Crippen molar-refractivity contribution in [3.63, 3.8) is 0 Å². The van der Waals surface area contributed by atoms with Crippen LogP contribution in [0.15, 0.2) is 0 Å². The number of nitrogens with two attached hydrogens (primary N) is 1. The van der Waals surface area contributed by atoms with Gasteiger partial charge in [0.05, 0.1) is 0 Å². The smallest absolute Gasteiger partial charge is 0.220 e. The van der Waals surface area contributed by atoms with Crippen LogP contribution >= 0.6 is 0 Å². The maximum Gasteiger partial charge on any atom is 0.220 e. The summed E-state index contributed by atoms with van der Waals surface area (Å²) in [4.78, 5) is 11.5. The van der Waals surface area contributed by atoms with Crippen LogP contribution in [-0.4, -0.2) is 30.7 Å². The molecule has 1 unspecified atom stereocenters. The number of hydrogen-bond acceptors (Lipinski definition) is 3. The van der Waals surface area contributed by atoms with Crippen molar-refractivity contribution in [3.8, 4) is 0 Å². The van der Waals surface area contributed by atoms with Crippen LogP contribution in [0.4, 0.5) is 0 Å². The lowest BCUT2D eigenvalue weighted by molar-refractivity contribution is -0.122. The number of hydrogen-bond donors (Lipinski definition) is 3. The van der Waals surface area contributed by atoms with Crippen molar-refractivity contribution in [2.24, 2.45) is 11.7 Å². The van der Waals surface area contributed by atoms with Crippen molar-refractivity contribution >= 4 is 5.91 Å². The number of rotatable bonds is 10. The minimum absolute atomic E-state index is 0.111. The van der Waals surface area contributed by atoms with Crippen LogP contribution in [0.25, 0.3) is 0 Å². The highest BCUT2D eigenvalue weighted by atomic mass is 16.2. The van der Waals surface area contributed by atoms with Gasteiger partial charge in [0, 0.05) is 19.6 Å². The van der Waals surface area contributed by atoms with Crippen LogP contribution in [0.3, 0.4) is 0 Å². The van der Waals surface area contributed by atoms with E-state index in [1.165, 1.54) is 0 Å². The number of carbonyl (C=O) groups excluding carboxylic acids is 1. The molecular weight excluding hydrogens is 204 g/mol. The van der Waals surface area contributed by atoms with Gasteiger partial charge in [-0.2, -0.15) is 0 Å². The van der Waals surface area contributed by atoms with E-state index < -0.39 is 0 Å². The Hall–Kier alpha value is -0.610. The Labute approximate surface area is 98.6 Å². The fourth-order valence-electron chi connectivity index (χ4n) is 1.55. The van der Waals surface area contributed by atoms with E-state index in [9.17, 15) is 4.79 Å². The van der Waals surface area contributed by atoms with Gasteiger partial charge in [-0.15, -0.1) is 0 Å². The van der Waals surface area contributed by atoms with Gasteiger partial charge in [0.15, 0.2) is 0 Å². The fraction of sp³-hybridized carbons (Fsp3) is 0.917. The third-order valence-electron chi connectivity index (χ3n) is 2.79. The zero-order chi connectivity index (χ0) is 12.2. The van der Waals surface area contributed by atoms with Crippen LogP contribution in [0.5, 0.6) is 0 Å². The molecule has 0 aromatic heterocycles. The lowest BCUT2D eigenvalue weighted by atomic mass is 10.0. The summed E-state index contributed by atoms with van der Waals surface area (Å²) in [6.07, 6.45) is 5.45. The van der Waals surface area contributed by atoms with Gasteiger partial charge in [0.1, 0.15) is 0 Å². The molecule has 4 N–H and O–H groups in total. The minimum atomic E-state index is 0.111. The highest BCUT2D eigenvalue weighted by molar-refractivity contribution is 5.76. The lowest BCUT2D eigenvalue weighted by Crippen LogP contribution is -2.28. The highest BCUT2D eigenvalue weighted by Gasteiger charge is 2.09. The van der Waals surface area contributed by atoms with Gasteiger partial charge in [-0.1, -0.05) is 26.2 Å². The third kappa shape index (κ3) is 8.68. The normalized spacial score (nSPS) is 12.4. The fourth-order valence-corrected chi connectivity index (χ4v) is 1.55. The van der Waals surface area contributed by atoms with Crippen LogP contribution in [0.1, 0.15) is 45.4 Å². The molecule has 0 aliphatic carbocycles. The molecule has 0 radical (unpaired) electrons. The van der Waals surface area contributed by atoms with Crippen LogP contribution in [0.2, 0.25) is 0 Å². The van der Waals surface area contributed by atoms with Gasteiger partial charge in [-0.3, -0.25) is 4.79 Å². The van der Waals surface area contributed by atoms with Crippen LogP contribution < -0.4 is 11.1 Å². The second-order valence-corrected chi connectivity index (χ2v) is 4.20. The molecular formula is C12H26N2O2. The summed E-state index contributed by atoms with van der Waals surface area (Å²) in [5.41, 5.74) is 5.54. The van der Waals surface area contributed by atoms with Crippen molar-refractivity contribution in [2.75, 3.05) is 19.7 Å². The Morgan fingerprint density at radius 3 is 2.56 bits per heavy atom. The van der Waals surface area contributed by atoms with Gasteiger partial charge < -0.3 is 16.2 Å². The molecule has 0 aromatic carbocycles. The van der Waals surface area contributed by atoms with E-state index in [0.717, 1.165) is 38.6 Å². The number of aliphatic hydroxyl groups is 1. The molecule has 1 atom stereocenters. The Morgan fingerprint density at radius 2 is 2.00 bits per heavy atom. The Kier molecular flexibility index (Phi) is 10.5. The van der Waals surface area contributed by atoms with Gasteiger partial charge in [0.2, 0.25) is 5.91 Å². The van der Waals surface area contributed by atoms with E-state index in [4.69, 9.17) is 10.8 Å². The predicted octanol–water partition coefficient (Wildman–Crippen LogP) is 1.03. The zero-order valence-electron chi connectivity index (χ0n) is 10.4. The molecule has 96 valence electrons. The molecule has 0 fully saturated rings. The second-order valence-electron chi connectivity index (χ2n) is 4.20. The maximum atomic E-state index is 11.5. The van der Waals surface area contributed by atoms with Gasteiger partial charge in [0.25, 0.3) is 0 Å². The SMILES string of the molecule is CCC(CN)CC(=O)NCCCCCCO. The van der Waals surface area contributed by atoms with Gasteiger partial charge in [-0.25, -0.2) is 0 Å².